The second-order valence-corrected chi connectivity index (χ2v) is 2.19. The van der Waals surface area contributed by atoms with E-state index in [1.54, 1.807) is 12.1 Å². The lowest BCUT2D eigenvalue weighted by atomic mass is 10.3. The van der Waals surface area contributed by atoms with E-state index in [1.165, 1.54) is 0 Å². The van der Waals surface area contributed by atoms with Gasteiger partial charge in [0.25, 0.3) is 0 Å². The lowest BCUT2D eigenvalue weighted by Gasteiger charge is -2.02. The van der Waals surface area contributed by atoms with Crippen molar-refractivity contribution in [3.05, 3.63) is 24.3 Å². The summed E-state index contributed by atoms with van der Waals surface area (Å²) >= 11 is 0. The highest BCUT2D eigenvalue weighted by Gasteiger charge is 1.89. The maximum atomic E-state index is 8.48. The second-order valence-electron chi connectivity index (χ2n) is 2.19. The van der Waals surface area contributed by atoms with Crippen molar-refractivity contribution in [2.75, 3.05) is 24.2 Å². The average Bonchev–Trinajstić information content (AvgIpc) is 2.04. The van der Waals surface area contributed by atoms with Crippen LogP contribution in [0.1, 0.15) is 0 Å². The van der Waals surface area contributed by atoms with Crippen LogP contribution >= 0.6 is 0 Å². The zero-order valence-electron chi connectivity index (χ0n) is 6.17. The number of aliphatic hydroxyl groups excluding tert-OH is 1. The first-order valence-electron chi connectivity index (χ1n) is 3.45. The number of benzene rings is 1. The summed E-state index contributed by atoms with van der Waals surface area (Å²) in [5.74, 6) is 0. The fourth-order valence-electron chi connectivity index (χ4n) is 0.737. The summed E-state index contributed by atoms with van der Waals surface area (Å²) in [6, 6.07) is 8.23. The quantitative estimate of drug-likeness (QED) is 0.550. The number of nitrogens with one attached hydrogen (secondary N) is 1. The van der Waals surface area contributed by atoms with Gasteiger partial charge in [0, 0.05) is 24.0 Å². The minimum atomic E-state index is 0.123. The third-order valence-corrected chi connectivity index (χ3v) is 1.26. The van der Waals surface area contributed by atoms with Crippen LogP contribution in [-0.2, 0) is 0 Å². The molecule has 0 heterocycles. The Bertz CT molecular complexity index is 208. The van der Waals surface area contributed by atoms with E-state index in [4.69, 9.17) is 10.8 Å². The van der Waals surface area contributed by atoms with E-state index in [0.717, 1.165) is 5.69 Å². The Hall–Kier alpha value is -1.22. The molecule has 0 saturated heterocycles. The van der Waals surface area contributed by atoms with Gasteiger partial charge in [-0.25, -0.2) is 0 Å². The van der Waals surface area contributed by atoms with Crippen molar-refractivity contribution < 1.29 is 5.11 Å². The van der Waals surface area contributed by atoms with Crippen molar-refractivity contribution in [1.29, 1.82) is 0 Å². The molecule has 1 aromatic carbocycles. The molecule has 1 rings (SSSR count). The summed E-state index contributed by atoms with van der Waals surface area (Å²) in [7, 11) is 0. The van der Waals surface area contributed by atoms with Gasteiger partial charge >= 0.3 is 0 Å². The average molecular weight is 151 g/mol. The molecule has 0 bridgehead atoms. The Balaban J connectivity index is 2.52. The van der Waals surface area contributed by atoms with Gasteiger partial charge < -0.3 is 16.2 Å². The molecule has 0 aliphatic rings. The predicted octanol–water partition coefficient (Wildman–Crippen LogP) is 0.473. The van der Waals surface area contributed by atoms with Gasteiger partial charge in [-0.1, -0.05) is 0 Å². The van der Waals surface area contributed by atoms with Crippen molar-refractivity contribution in [1.82, 2.24) is 0 Å². The van der Waals surface area contributed by atoms with Gasteiger partial charge in [0.15, 0.2) is 0 Å². The zero-order valence-corrected chi connectivity index (χ0v) is 6.17. The maximum absolute atomic E-state index is 8.48. The molecule has 0 aliphatic carbocycles. The molecule has 3 nitrogen and oxygen atoms in total. The van der Waals surface area contributed by atoms with Crippen molar-refractivity contribution in [2.45, 2.75) is 0 Å². The molecule has 11 heavy (non-hydrogen) atoms. The zero-order chi connectivity index (χ0) is 8.10. The monoisotopic (exact) mass is 151 g/mol. The molecule has 0 aliphatic heterocycles. The number of nitrogens with two attached hydrogens (primary N) is 1. The predicted molar refractivity (Wildman–Crippen MR) is 45.3 cm³/mol. The van der Waals surface area contributed by atoms with Crippen molar-refractivity contribution in [3.63, 3.8) is 0 Å². The lowest BCUT2D eigenvalue weighted by Crippen LogP contribution is -2.05. The van der Waals surface area contributed by atoms with E-state index in [2.05, 4.69) is 11.4 Å². The largest absolute Gasteiger partial charge is 0.399 e. The Labute approximate surface area is 65.8 Å². The molecule has 0 saturated carbocycles. The lowest BCUT2D eigenvalue weighted by molar-refractivity contribution is 0.311. The van der Waals surface area contributed by atoms with Crippen molar-refractivity contribution in [2.24, 2.45) is 0 Å². The van der Waals surface area contributed by atoms with Crippen LogP contribution in [0.5, 0.6) is 0 Å². The molecule has 0 unspecified atom stereocenters. The molecular weight excluding hydrogens is 140 g/mol. The van der Waals surface area contributed by atoms with E-state index in [9.17, 15) is 0 Å². The van der Waals surface area contributed by atoms with E-state index in [0.29, 0.717) is 12.2 Å². The summed E-state index contributed by atoms with van der Waals surface area (Å²) in [6.45, 7) is 0.665. The summed E-state index contributed by atoms with van der Waals surface area (Å²) in [6.07, 6.45) is 0. The van der Waals surface area contributed by atoms with Gasteiger partial charge in [-0.05, 0) is 18.2 Å². The Morgan fingerprint density at radius 3 is 2.91 bits per heavy atom. The minimum Gasteiger partial charge on any atom is -0.399 e. The smallest absolute Gasteiger partial charge is 0.0604 e. The first-order valence-corrected chi connectivity index (χ1v) is 3.45. The number of nitrogen functional groups attached to an aromatic ring is 1. The fourth-order valence-corrected chi connectivity index (χ4v) is 0.737. The highest BCUT2D eigenvalue weighted by molar-refractivity contribution is 5.49. The summed E-state index contributed by atoms with van der Waals surface area (Å²) in [4.78, 5) is 0. The molecule has 1 aromatic rings. The fraction of sp³-hybridized carbons (Fsp3) is 0.250. The molecule has 1 radical (unpaired) electrons. The first kappa shape index (κ1) is 7.88. The third kappa shape index (κ3) is 2.47. The van der Waals surface area contributed by atoms with Crippen LogP contribution in [0, 0.1) is 6.07 Å². The van der Waals surface area contributed by atoms with Crippen LogP contribution in [0.2, 0.25) is 0 Å². The summed E-state index contributed by atoms with van der Waals surface area (Å²) < 4.78 is 0. The van der Waals surface area contributed by atoms with E-state index in [1.807, 2.05) is 6.07 Å². The SMILES string of the molecule is Nc1c[c]c(NCCO)cc1. The molecule has 0 amide bonds. The van der Waals surface area contributed by atoms with Gasteiger partial charge in [-0.2, -0.15) is 0 Å². The number of anilines is 2. The number of hydrogen-bond donors (Lipinski definition) is 3. The van der Waals surface area contributed by atoms with E-state index >= 15 is 0 Å². The van der Waals surface area contributed by atoms with E-state index in [-0.39, 0.29) is 6.61 Å². The molecule has 0 fully saturated rings. The number of hydrogen-bond acceptors (Lipinski definition) is 3. The van der Waals surface area contributed by atoms with Crippen molar-refractivity contribution >= 4 is 11.4 Å². The van der Waals surface area contributed by atoms with Gasteiger partial charge in [0.1, 0.15) is 0 Å². The van der Waals surface area contributed by atoms with Crippen LogP contribution in [0.3, 0.4) is 0 Å². The normalized spacial score (nSPS) is 9.55. The van der Waals surface area contributed by atoms with Crippen LogP contribution in [-0.4, -0.2) is 18.3 Å². The van der Waals surface area contributed by atoms with Gasteiger partial charge in [0.2, 0.25) is 0 Å². The number of rotatable bonds is 3. The number of aliphatic hydroxyl groups is 1. The minimum absolute atomic E-state index is 0.123. The molecule has 0 spiro atoms. The Kier molecular flexibility index (Phi) is 2.74. The molecule has 4 N–H and O–H groups in total. The van der Waals surface area contributed by atoms with Crippen LogP contribution in [0.25, 0.3) is 0 Å². The molecular formula is C8H11N2O. The first-order chi connectivity index (χ1) is 5.33. The second kappa shape index (κ2) is 3.83. The molecule has 0 atom stereocenters. The summed E-state index contributed by atoms with van der Waals surface area (Å²) in [5.41, 5.74) is 7.00. The third-order valence-electron chi connectivity index (χ3n) is 1.26. The van der Waals surface area contributed by atoms with Crippen LogP contribution in [0.15, 0.2) is 18.2 Å². The van der Waals surface area contributed by atoms with Crippen LogP contribution < -0.4 is 11.1 Å². The van der Waals surface area contributed by atoms with Gasteiger partial charge in [0.05, 0.1) is 6.61 Å². The van der Waals surface area contributed by atoms with Crippen LogP contribution in [0.4, 0.5) is 11.4 Å². The van der Waals surface area contributed by atoms with Crippen molar-refractivity contribution in [3.8, 4) is 0 Å². The van der Waals surface area contributed by atoms with Gasteiger partial charge in [-0.15, -0.1) is 0 Å². The maximum Gasteiger partial charge on any atom is 0.0604 e. The molecule has 59 valence electrons. The standard InChI is InChI=1S/C8H11N2O/c9-7-1-3-8(4-2-7)10-5-6-11/h1-3,10-11H,5-6,9H2. The highest BCUT2D eigenvalue weighted by Crippen LogP contribution is 2.08. The van der Waals surface area contributed by atoms with Gasteiger partial charge in [-0.3, -0.25) is 0 Å². The Morgan fingerprint density at radius 2 is 2.36 bits per heavy atom. The summed E-state index contributed by atoms with van der Waals surface area (Å²) in [5, 5.41) is 11.4. The Morgan fingerprint density at radius 1 is 1.55 bits per heavy atom. The molecule has 0 aromatic heterocycles. The highest BCUT2D eigenvalue weighted by atomic mass is 16.3. The van der Waals surface area contributed by atoms with E-state index < -0.39 is 0 Å². The molecule has 3 heteroatoms. The topological polar surface area (TPSA) is 58.3 Å².